The molecule has 0 radical (unpaired) electrons. The molecule has 0 fully saturated rings. The van der Waals surface area contributed by atoms with Crippen molar-refractivity contribution in [2.24, 2.45) is 0 Å². The molecule has 2 aromatic rings. The Kier molecular flexibility index (Phi) is 7.93. The molecule has 3 rings (SSSR count). The van der Waals surface area contributed by atoms with Gasteiger partial charge in [-0.3, -0.25) is 0 Å². The van der Waals surface area contributed by atoms with E-state index >= 15 is 0 Å². The molecule has 2 atom stereocenters. The van der Waals surface area contributed by atoms with Gasteiger partial charge in [-0.1, -0.05) is 0 Å². The van der Waals surface area contributed by atoms with Gasteiger partial charge in [-0.25, -0.2) is 28.0 Å². The van der Waals surface area contributed by atoms with Crippen molar-refractivity contribution < 1.29 is 67.0 Å². The predicted molar refractivity (Wildman–Crippen MR) is 120 cm³/mol. The van der Waals surface area contributed by atoms with E-state index in [0.717, 1.165) is 12.1 Å². The van der Waals surface area contributed by atoms with Crippen molar-refractivity contribution in [1.29, 1.82) is 0 Å². The molecule has 0 heterocycles. The maximum atomic E-state index is 15.0. The number of hydrogen-bond acceptors (Lipinski definition) is 9. The molecular weight excluding hydrogens is 518 g/mol. The van der Waals surface area contributed by atoms with Crippen LogP contribution in [0.25, 0.3) is 0 Å². The minimum Gasteiger partial charge on any atom is -0.450 e. The highest BCUT2D eigenvalue weighted by Gasteiger charge is 2.37. The zero-order chi connectivity index (χ0) is 28.4. The minimum atomic E-state index is -1.74. The van der Waals surface area contributed by atoms with E-state index in [1.165, 1.54) is 6.07 Å². The molecule has 38 heavy (non-hydrogen) atoms. The zero-order valence-corrected chi connectivity index (χ0v) is 20.2. The van der Waals surface area contributed by atoms with Gasteiger partial charge >= 0.3 is 24.6 Å². The van der Waals surface area contributed by atoms with Crippen LogP contribution >= 0.6 is 0 Å². The highest BCUT2D eigenvalue weighted by Crippen LogP contribution is 2.42. The Morgan fingerprint density at radius 2 is 1.47 bits per heavy atom. The normalized spacial score (nSPS) is 16.6. The van der Waals surface area contributed by atoms with Crippen LogP contribution in [0.3, 0.4) is 0 Å². The largest absolute Gasteiger partial charge is 0.514 e. The van der Waals surface area contributed by atoms with Crippen LogP contribution in [-0.2, 0) is 22.3 Å². The second-order valence-corrected chi connectivity index (χ2v) is 9.10. The summed E-state index contributed by atoms with van der Waals surface area (Å²) in [5.41, 5.74) is -0.920. The van der Waals surface area contributed by atoms with Gasteiger partial charge in [0.25, 0.3) is 0 Å². The van der Waals surface area contributed by atoms with E-state index in [4.69, 9.17) is 29.2 Å². The number of fused-ring (bicyclic) bond motifs is 1. The van der Waals surface area contributed by atoms with Gasteiger partial charge < -0.3 is 39.0 Å². The number of hydrogen-bond donors (Lipinski definition) is 3. The Morgan fingerprint density at radius 1 is 0.816 bits per heavy atom. The summed E-state index contributed by atoms with van der Waals surface area (Å²) in [6.07, 6.45) is -8.38. The van der Waals surface area contributed by atoms with Crippen LogP contribution < -0.4 is 14.2 Å². The van der Waals surface area contributed by atoms with Crippen molar-refractivity contribution in [1.82, 2.24) is 0 Å². The van der Waals surface area contributed by atoms with Crippen LogP contribution in [0.4, 0.5) is 28.0 Å². The van der Waals surface area contributed by atoms with Crippen molar-refractivity contribution in [3.05, 3.63) is 52.6 Å². The average Bonchev–Trinajstić information content (AvgIpc) is 2.73. The Morgan fingerprint density at radius 3 is 2.05 bits per heavy atom. The summed E-state index contributed by atoms with van der Waals surface area (Å²) >= 11 is 0. The van der Waals surface area contributed by atoms with Gasteiger partial charge in [0.2, 0.25) is 0 Å². The Labute approximate surface area is 213 Å². The molecule has 0 aromatic heterocycles. The van der Waals surface area contributed by atoms with E-state index < -0.39 is 59.6 Å². The van der Waals surface area contributed by atoms with E-state index in [-0.39, 0.29) is 41.0 Å². The van der Waals surface area contributed by atoms with Crippen molar-refractivity contribution in [3.8, 4) is 17.2 Å². The molecule has 2 aromatic carbocycles. The maximum Gasteiger partial charge on any atom is 0.514 e. The number of rotatable bonds is 5. The molecule has 0 unspecified atom stereocenters. The highest BCUT2D eigenvalue weighted by molar-refractivity contribution is 5.67. The predicted octanol–water partition coefficient (Wildman–Crippen LogP) is 5.34. The second-order valence-electron chi connectivity index (χ2n) is 9.10. The van der Waals surface area contributed by atoms with E-state index in [0.29, 0.717) is 6.07 Å². The molecule has 1 aliphatic carbocycles. The fraction of sp³-hybridized carbons (Fsp3) is 0.333. The first-order valence-corrected chi connectivity index (χ1v) is 10.9. The highest BCUT2D eigenvalue weighted by atomic mass is 19.1. The lowest BCUT2D eigenvalue weighted by atomic mass is 9.77. The van der Waals surface area contributed by atoms with Crippen LogP contribution in [0.2, 0.25) is 0 Å². The summed E-state index contributed by atoms with van der Waals surface area (Å²) in [7, 11) is 0. The summed E-state index contributed by atoms with van der Waals surface area (Å²) in [6, 6.07) is 3.49. The molecule has 14 heteroatoms. The van der Waals surface area contributed by atoms with E-state index in [1.54, 1.807) is 20.8 Å². The summed E-state index contributed by atoms with van der Waals surface area (Å²) < 4.78 is 53.6. The van der Waals surface area contributed by atoms with Gasteiger partial charge in [-0.15, -0.1) is 0 Å². The quantitative estimate of drug-likeness (QED) is 0.328. The number of benzene rings is 2. The van der Waals surface area contributed by atoms with Crippen LogP contribution in [0.1, 0.15) is 43.4 Å². The summed E-state index contributed by atoms with van der Waals surface area (Å²) in [4.78, 5) is 45.7. The number of carboxylic acid groups (broad SMARTS) is 3. The molecule has 3 N–H and O–H groups in total. The van der Waals surface area contributed by atoms with Crippen LogP contribution in [0.5, 0.6) is 17.2 Å². The Bertz CT molecular complexity index is 1280. The van der Waals surface area contributed by atoms with Gasteiger partial charge in [0.05, 0.1) is 0 Å². The zero-order valence-electron chi connectivity index (χ0n) is 20.2. The molecule has 0 aliphatic heterocycles. The molecule has 204 valence electrons. The SMILES string of the molecule is CC(C)(C)OC(=O)Oc1cc([C@H]2Cc3cc(OC(=O)O)cc(OC(=O)O)c3C[C@@H]2OC(=O)O)c(F)cc1F. The van der Waals surface area contributed by atoms with Gasteiger partial charge in [0.15, 0.2) is 11.6 Å². The first-order valence-electron chi connectivity index (χ1n) is 10.9. The molecule has 0 amide bonds. The standard InChI is InChI=1S/C24H22F2O12/c1-24(2,3)38-23(33)37-19-8-13(15(25)9-16(19)26)14-5-10-4-11(34-20(27)28)6-17(35-21(29)30)12(10)7-18(14)36-22(31)32/h4,6,8-9,14,18H,5,7H2,1-3H3,(H,27,28)(H,29,30)(H,31,32)/t14-,18+/m1/s1. The first kappa shape index (κ1) is 28.0. The molecule has 12 nitrogen and oxygen atoms in total. The van der Waals surface area contributed by atoms with Gasteiger partial charge in [-0.2, -0.15) is 0 Å². The van der Waals surface area contributed by atoms with Gasteiger partial charge in [-0.05, 0) is 50.5 Å². The van der Waals surface area contributed by atoms with Gasteiger partial charge in [0, 0.05) is 30.0 Å². The molecule has 0 saturated carbocycles. The maximum absolute atomic E-state index is 15.0. The first-order chi connectivity index (χ1) is 17.6. The smallest absolute Gasteiger partial charge is 0.450 e. The number of carbonyl (C=O) groups excluding carboxylic acids is 1. The second kappa shape index (κ2) is 10.8. The lowest BCUT2D eigenvalue weighted by Crippen LogP contribution is -2.34. The third-order valence-electron chi connectivity index (χ3n) is 5.26. The lowest BCUT2D eigenvalue weighted by molar-refractivity contribution is 0.0197. The topological polar surface area (TPSA) is 175 Å². The van der Waals surface area contributed by atoms with Crippen LogP contribution in [0.15, 0.2) is 24.3 Å². The summed E-state index contributed by atoms with van der Waals surface area (Å²) in [6.45, 7) is 4.62. The molecule has 1 aliphatic rings. The van der Waals surface area contributed by atoms with Crippen molar-refractivity contribution in [2.75, 3.05) is 0 Å². The van der Waals surface area contributed by atoms with Gasteiger partial charge in [0.1, 0.15) is 29.0 Å². The number of carbonyl (C=O) groups is 4. The molecule has 0 spiro atoms. The molecule has 0 saturated heterocycles. The van der Waals surface area contributed by atoms with Crippen molar-refractivity contribution in [2.45, 2.75) is 51.2 Å². The lowest BCUT2D eigenvalue weighted by Gasteiger charge is -2.33. The van der Waals surface area contributed by atoms with Crippen LogP contribution in [-0.4, -0.2) is 51.6 Å². The Hall–Kier alpha value is -4.62. The van der Waals surface area contributed by atoms with Crippen molar-refractivity contribution >= 4 is 24.6 Å². The third kappa shape index (κ3) is 6.99. The van der Waals surface area contributed by atoms with E-state index in [9.17, 15) is 33.1 Å². The Balaban J connectivity index is 2.08. The monoisotopic (exact) mass is 540 g/mol. The molecule has 0 bridgehead atoms. The third-order valence-corrected chi connectivity index (χ3v) is 5.26. The van der Waals surface area contributed by atoms with Crippen molar-refractivity contribution in [3.63, 3.8) is 0 Å². The minimum absolute atomic E-state index is 0.139. The fourth-order valence-electron chi connectivity index (χ4n) is 3.98. The fourth-order valence-corrected chi connectivity index (χ4v) is 3.98. The number of ether oxygens (including phenoxy) is 5. The van der Waals surface area contributed by atoms with Crippen LogP contribution in [0, 0.1) is 11.6 Å². The average molecular weight is 540 g/mol. The van der Waals surface area contributed by atoms with E-state index in [1.807, 2.05) is 0 Å². The summed E-state index contributed by atoms with van der Waals surface area (Å²) in [5, 5.41) is 27.3. The summed E-state index contributed by atoms with van der Waals surface area (Å²) in [5.74, 6) is -4.88. The molecular formula is C24H22F2O12. The van der Waals surface area contributed by atoms with E-state index in [2.05, 4.69) is 4.74 Å². The number of halogens is 2.